The summed E-state index contributed by atoms with van der Waals surface area (Å²) in [5.41, 5.74) is 0. The van der Waals surface area contributed by atoms with Crippen molar-refractivity contribution in [2.24, 2.45) is 0 Å². The maximum atomic E-state index is 5.60. The molecule has 0 radical (unpaired) electrons. The van der Waals surface area contributed by atoms with Gasteiger partial charge in [0.25, 0.3) is 0 Å². The van der Waals surface area contributed by atoms with E-state index in [9.17, 15) is 0 Å². The first-order valence-electron chi connectivity index (χ1n) is 4.12. The van der Waals surface area contributed by atoms with E-state index in [0.717, 1.165) is 23.4 Å². The highest BCUT2D eigenvalue weighted by molar-refractivity contribution is 9.10. The van der Waals surface area contributed by atoms with E-state index in [1.54, 1.807) is 6.20 Å². The first-order chi connectivity index (χ1) is 6.25. The molecule has 1 aliphatic rings. The number of hydrogen-bond acceptors (Lipinski definition) is 4. The molecule has 70 valence electrons. The molecule has 0 spiro atoms. The lowest BCUT2D eigenvalue weighted by Gasteiger charge is -2.27. The van der Waals surface area contributed by atoms with Crippen LogP contribution in [-0.4, -0.2) is 29.2 Å². The summed E-state index contributed by atoms with van der Waals surface area (Å²) in [4.78, 5) is 8.22. The standard InChI is InChI=1S/C8H10BrN3O/c1-5-11-4-7(9)8(12-5)13-6-2-10-3-6/h4,6,10H,2-3H2,1H3. The van der Waals surface area contributed by atoms with Gasteiger partial charge in [-0.2, -0.15) is 4.98 Å². The molecule has 1 N–H and O–H groups in total. The van der Waals surface area contributed by atoms with E-state index < -0.39 is 0 Å². The van der Waals surface area contributed by atoms with Gasteiger partial charge in [-0.1, -0.05) is 0 Å². The monoisotopic (exact) mass is 243 g/mol. The first-order valence-corrected chi connectivity index (χ1v) is 4.91. The van der Waals surface area contributed by atoms with Crippen molar-refractivity contribution >= 4 is 15.9 Å². The second kappa shape index (κ2) is 3.59. The number of nitrogens with one attached hydrogen (secondary N) is 1. The van der Waals surface area contributed by atoms with E-state index in [1.807, 2.05) is 6.92 Å². The van der Waals surface area contributed by atoms with Gasteiger partial charge < -0.3 is 10.1 Å². The van der Waals surface area contributed by atoms with Crippen LogP contribution in [0.1, 0.15) is 5.82 Å². The largest absolute Gasteiger partial charge is 0.471 e. The predicted molar refractivity (Wildman–Crippen MR) is 51.8 cm³/mol. The smallest absolute Gasteiger partial charge is 0.231 e. The van der Waals surface area contributed by atoms with E-state index in [4.69, 9.17) is 4.74 Å². The minimum Gasteiger partial charge on any atom is -0.471 e. The summed E-state index contributed by atoms with van der Waals surface area (Å²) >= 11 is 3.34. The number of hydrogen-bond donors (Lipinski definition) is 1. The Labute approximate surface area is 84.9 Å². The fourth-order valence-electron chi connectivity index (χ4n) is 1.02. The number of rotatable bonds is 2. The van der Waals surface area contributed by atoms with Gasteiger partial charge in [0.1, 0.15) is 11.9 Å². The van der Waals surface area contributed by atoms with E-state index in [2.05, 4.69) is 31.2 Å². The van der Waals surface area contributed by atoms with Crippen molar-refractivity contribution in [2.75, 3.05) is 13.1 Å². The maximum Gasteiger partial charge on any atom is 0.231 e. The Morgan fingerprint density at radius 3 is 3.00 bits per heavy atom. The van der Waals surface area contributed by atoms with Crippen LogP contribution >= 0.6 is 15.9 Å². The number of aromatic nitrogens is 2. The molecule has 5 heteroatoms. The van der Waals surface area contributed by atoms with Crippen molar-refractivity contribution in [3.63, 3.8) is 0 Å². The number of ether oxygens (including phenoxy) is 1. The molecule has 0 aliphatic carbocycles. The summed E-state index contributed by atoms with van der Waals surface area (Å²) in [6.07, 6.45) is 1.97. The van der Waals surface area contributed by atoms with Gasteiger partial charge >= 0.3 is 0 Å². The molecule has 2 rings (SSSR count). The van der Waals surface area contributed by atoms with Gasteiger partial charge in [-0.15, -0.1) is 0 Å². The van der Waals surface area contributed by atoms with Crippen molar-refractivity contribution < 1.29 is 4.74 Å². The van der Waals surface area contributed by atoms with E-state index in [1.165, 1.54) is 0 Å². The van der Waals surface area contributed by atoms with Crippen LogP contribution in [-0.2, 0) is 0 Å². The lowest BCUT2D eigenvalue weighted by molar-refractivity contribution is 0.134. The highest BCUT2D eigenvalue weighted by Gasteiger charge is 2.20. The Balaban J connectivity index is 2.13. The summed E-state index contributed by atoms with van der Waals surface area (Å²) in [5.74, 6) is 1.37. The maximum absolute atomic E-state index is 5.60. The van der Waals surface area contributed by atoms with Crippen LogP contribution in [0, 0.1) is 6.92 Å². The normalized spacial score (nSPS) is 16.8. The molecule has 0 unspecified atom stereocenters. The third-order valence-electron chi connectivity index (χ3n) is 1.85. The molecular formula is C8H10BrN3O. The van der Waals surface area contributed by atoms with Gasteiger partial charge in [0, 0.05) is 19.3 Å². The Morgan fingerprint density at radius 1 is 1.62 bits per heavy atom. The molecule has 0 amide bonds. The summed E-state index contributed by atoms with van der Waals surface area (Å²) in [6.45, 7) is 3.64. The number of nitrogens with zero attached hydrogens (tertiary/aromatic N) is 2. The second-order valence-corrected chi connectivity index (χ2v) is 3.82. The molecule has 0 aromatic carbocycles. The Kier molecular flexibility index (Phi) is 2.46. The van der Waals surface area contributed by atoms with Gasteiger partial charge in [-0.25, -0.2) is 4.98 Å². The molecule has 0 bridgehead atoms. The molecule has 4 nitrogen and oxygen atoms in total. The van der Waals surface area contributed by atoms with Gasteiger partial charge in [-0.3, -0.25) is 0 Å². The van der Waals surface area contributed by atoms with E-state index >= 15 is 0 Å². The Morgan fingerprint density at radius 2 is 2.38 bits per heavy atom. The molecule has 1 fully saturated rings. The molecule has 0 atom stereocenters. The van der Waals surface area contributed by atoms with Gasteiger partial charge in [0.2, 0.25) is 5.88 Å². The predicted octanol–water partition coefficient (Wildman–Crippen LogP) is 0.898. The van der Waals surface area contributed by atoms with Gasteiger partial charge in [-0.05, 0) is 22.9 Å². The van der Waals surface area contributed by atoms with Crippen molar-refractivity contribution in [1.29, 1.82) is 0 Å². The van der Waals surface area contributed by atoms with Gasteiger partial charge in [0.15, 0.2) is 0 Å². The van der Waals surface area contributed by atoms with Crippen LogP contribution in [0.5, 0.6) is 5.88 Å². The topological polar surface area (TPSA) is 47.0 Å². The quantitative estimate of drug-likeness (QED) is 0.839. The molecule has 13 heavy (non-hydrogen) atoms. The fraction of sp³-hybridized carbons (Fsp3) is 0.500. The van der Waals surface area contributed by atoms with Crippen molar-refractivity contribution in [3.05, 3.63) is 16.5 Å². The summed E-state index contributed by atoms with van der Waals surface area (Å²) in [6, 6.07) is 0. The first kappa shape index (κ1) is 8.90. The molecule has 1 aromatic rings. The van der Waals surface area contributed by atoms with E-state index in [0.29, 0.717) is 5.88 Å². The lowest BCUT2D eigenvalue weighted by Crippen LogP contribution is -2.50. The number of halogens is 1. The molecule has 1 aliphatic heterocycles. The highest BCUT2D eigenvalue weighted by atomic mass is 79.9. The summed E-state index contributed by atoms with van der Waals surface area (Å²) in [5, 5.41) is 3.13. The molecule has 1 saturated heterocycles. The van der Waals surface area contributed by atoms with Crippen LogP contribution in [0.3, 0.4) is 0 Å². The highest BCUT2D eigenvalue weighted by Crippen LogP contribution is 2.22. The zero-order chi connectivity index (χ0) is 9.26. The third kappa shape index (κ3) is 1.97. The summed E-state index contributed by atoms with van der Waals surface area (Å²) < 4.78 is 6.41. The zero-order valence-corrected chi connectivity index (χ0v) is 8.84. The van der Waals surface area contributed by atoms with Crippen LogP contribution in [0.25, 0.3) is 0 Å². The molecule has 2 heterocycles. The average Bonchev–Trinajstić information content (AvgIpc) is 2.03. The zero-order valence-electron chi connectivity index (χ0n) is 7.25. The summed E-state index contributed by atoms with van der Waals surface area (Å²) in [7, 11) is 0. The second-order valence-electron chi connectivity index (χ2n) is 2.97. The van der Waals surface area contributed by atoms with Crippen molar-refractivity contribution in [1.82, 2.24) is 15.3 Å². The Bertz CT molecular complexity index is 314. The molecular weight excluding hydrogens is 234 g/mol. The van der Waals surface area contributed by atoms with Crippen LogP contribution < -0.4 is 10.1 Å². The fourth-order valence-corrected chi connectivity index (χ4v) is 1.31. The number of aryl methyl sites for hydroxylation is 1. The van der Waals surface area contributed by atoms with Crippen LogP contribution in [0.2, 0.25) is 0 Å². The molecule has 0 saturated carbocycles. The van der Waals surface area contributed by atoms with Crippen molar-refractivity contribution in [2.45, 2.75) is 13.0 Å². The minimum atomic E-state index is 0.255. The van der Waals surface area contributed by atoms with E-state index in [-0.39, 0.29) is 6.10 Å². The van der Waals surface area contributed by atoms with Crippen molar-refractivity contribution in [3.8, 4) is 5.88 Å². The third-order valence-corrected chi connectivity index (χ3v) is 2.40. The minimum absolute atomic E-state index is 0.255. The average molecular weight is 244 g/mol. The van der Waals surface area contributed by atoms with Crippen LogP contribution in [0.4, 0.5) is 0 Å². The lowest BCUT2D eigenvalue weighted by atomic mass is 10.2. The SMILES string of the molecule is Cc1ncc(Br)c(OC2CNC2)n1. The Hall–Kier alpha value is -0.680. The van der Waals surface area contributed by atoms with Crippen LogP contribution in [0.15, 0.2) is 10.7 Å². The van der Waals surface area contributed by atoms with Gasteiger partial charge in [0.05, 0.1) is 4.47 Å². The molecule has 1 aromatic heterocycles.